The molecule has 3 nitrogen and oxygen atoms in total. The average molecular weight is 565 g/mol. The van der Waals surface area contributed by atoms with Gasteiger partial charge in [-0.1, -0.05) is 135 Å². The largest absolute Gasteiger partial charge is 0.455 e. The Bertz CT molecular complexity index is 2410. The number of furan rings is 1. The van der Waals surface area contributed by atoms with Crippen LogP contribution in [0, 0.1) is 0 Å². The van der Waals surface area contributed by atoms with Crippen molar-refractivity contribution in [1.29, 1.82) is 0 Å². The Hall–Kier alpha value is -5.54. The lowest BCUT2D eigenvalue weighted by atomic mass is 9.80. The van der Waals surface area contributed by atoms with Crippen molar-refractivity contribution in [3.8, 4) is 44.9 Å². The molecule has 44 heavy (non-hydrogen) atoms. The highest BCUT2D eigenvalue weighted by Crippen LogP contribution is 2.51. The van der Waals surface area contributed by atoms with Crippen molar-refractivity contribution in [2.24, 2.45) is 0 Å². The Morgan fingerprint density at radius 2 is 1.14 bits per heavy atom. The van der Waals surface area contributed by atoms with Gasteiger partial charge in [0.05, 0.1) is 11.2 Å². The molecule has 6 aromatic carbocycles. The highest BCUT2D eigenvalue weighted by atomic mass is 16.3. The van der Waals surface area contributed by atoms with Gasteiger partial charge in [0, 0.05) is 38.3 Å². The molecule has 1 aliphatic carbocycles. The van der Waals surface area contributed by atoms with Crippen LogP contribution in [0.4, 0.5) is 0 Å². The van der Waals surface area contributed by atoms with Gasteiger partial charge in [-0.2, -0.15) is 0 Å². The molecule has 0 amide bonds. The predicted octanol–water partition coefficient (Wildman–Crippen LogP) is 10.8. The van der Waals surface area contributed by atoms with E-state index in [1.807, 2.05) is 12.1 Å². The van der Waals surface area contributed by atoms with E-state index in [9.17, 15) is 0 Å². The fourth-order valence-electron chi connectivity index (χ4n) is 7.23. The minimum absolute atomic E-state index is 0.156. The third kappa shape index (κ3) is 3.56. The van der Waals surface area contributed by atoms with Gasteiger partial charge in [-0.15, -0.1) is 0 Å². The smallest absolute Gasteiger partial charge is 0.160 e. The van der Waals surface area contributed by atoms with Crippen LogP contribution in [0.15, 0.2) is 138 Å². The molecule has 0 saturated carbocycles. The molecule has 0 aliphatic heterocycles. The average Bonchev–Trinajstić information content (AvgIpc) is 3.57. The van der Waals surface area contributed by atoms with Gasteiger partial charge >= 0.3 is 0 Å². The van der Waals surface area contributed by atoms with Crippen molar-refractivity contribution < 1.29 is 4.42 Å². The van der Waals surface area contributed by atoms with Gasteiger partial charge in [0.2, 0.25) is 0 Å². The quantitative estimate of drug-likeness (QED) is 0.214. The zero-order valence-electron chi connectivity index (χ0n) is 24.5. The molecule has 0 fully saturated rings. The Kier molecular flexibility index (Phi) is 5.24. The monoisotopic (exact) mass is 564 g/mol. The van der Waals surface area contributed by atoms with Crippen molar-refractivity contribution in [3.63, 3.8) is 0 Å². The number of hydrogen-bond acceptors (Lipinski definition) is 3. The first-order chi connectivity index (χ1) is 21.6. The van der Waals surface area contributed by atoms with E-state index in [1.165, 1.54) is 22.3 Å². The van der Waals surface area contributed by atoms with Crippen LogP contribution in [0.2, 0.25) is 0 Å². The summed E-state index contributed by atoms with van der Waals surface area (Å²) in [5, 5.41) is 3.31. The topological polar surface area (TPSA) is 38.9 Å². The lowest BCUT2D eigenvalue weighted by Gasteiger charge is -2.24. The molecule has 3 heteroatoms. The highest BCUT2D eigenvalue weighted by molar-refractivity contribution is 6.09. The Morgan fingerprint density at radius 3 is 2.02 bits per heavy atom. The maximum atomic E-state index is 6.33. The molecule has 0 N–H and O–H groups in total. The Balaban J connectivity index is 1.20. The number of fused-ring (bicyclic) bond motifs is 7. The molecule has 0 radical (unpaired) electrons. The summed E-state index contributed by atoms with van der Waals surface area (Å²) in [6, 6.07) is 46.9. The van der Waals surface area contributed by atoms with Crippen molar-refractivity contribution in [1.82, 2.24) is 9.97 Å². The summed E-state index contributed by atoms with van der Waals surface area (Å²) in [6.45, 7) is 4.62. The van der Waals surface area contributed by atoms with Crippen LogP contribution in [0.25, 0.3) is 77.7 Å². The van der Waals surface area contributed by atoms with E-state index < -0.39 is 0 Å². The SMILES string of the molecule is CC1(C)c2ccccc2-c2cccc(-c3nc(-c4ccc(-c5cccc6c5oc5ccccc56)cc4)c4ccccc4n3)c21. The summed E-state index contributed by atoms with van der Waals surface area (Å²) in [5.41, 5.74) is 13.1. The second-order valence-corrected chi connectivity index (χ2v) is 12.2. The first kappa shape index (κ1) is 25.0. The molecule has 1 aliphatic rings. The Labute approximate surface area is 255 Å². The van der Waals surface area contributed by atoms with Crippen molar-refractivity contribution in [3.05, 3.63) is 145 Å². The van der Waals surface area contributed by atoms with Crippen molar-refractivity contribution in [2.45, 2.75) is 19.3 Å². The summed E-state index contributed by atoms with van der Waals surface area (Å²) in [7, 11) is 0. The lowest BCUT2D eigenvalue weighted by molar-refractivity contribution is 0.661. The molecule has 0 saturated heterocycles. The van der Waals surface area contributed by atoms with Gasteiger partial charge in [0.15, 0.2) is 5.82 Å². The lowest BCUT2D eigenvalue weighted by Crippen LogP contribution is -2.16. The Morgan fingerprint density at radius 1 is 0.500 bits per heavy atom. The molecular weight excluding hydrogens is 536 g/mol. The van der Waals surface area contributed by atoms with Gasteiger partial charge in [0.25, 0.3) is 0 Å². The van der Waals surface area contributed by atoms with Crippen molar-refractivity contribution in [2.75, 3.05) is 0 Å². The molecular formula is C41H28N2O. The molecule has 2 heterocycles. The molecule has 0 atom stereocenters. The van der Waals surface area contributed by atoms with Crippen LogP contribution < -0.4 is 0 Å². The molecule has 2 aromatic heterocycles. The number of rotatable bonds is 3. The molecule has 0 spiro atoms. The van der Waals surface area contributed by atoms with Crippen LogP contribution >= 0.6 is 0 Å². The van der Waals surface area contributed by atoms with E-state index in [4.69, 9.17) is 14.4 Å². The number of nitrogens with zero attached hydrogens (tertiary/aromatic N) is 2. The third-order valence-electron chi connectivity index (χ3n) is 9.30. The summed E-state index contributed by atoms with van der Waals surface area (Å²) >= 11 is 0. The van der Waals surface area contributed by atoms with Crippen LogP contribution in [-0.4, -0.2) is 9.97 Å². The van der Waals surface area contributed by atoms with E-state index in [0.717, 1.165) is 66.6 Å². The van der Waals surface area contributed by atoms with Gasteiger partial charge in [-0.3, -0.25) is 0 Å². The predicted molar refractivity (Wildman–Crippen MR) is 181 cm³/mol. The van der Waals surface area contributed by atoms with Gasteiger partial charge in [0.1, 0.15) is 11.2 Å². The van der Waals surface area contributed by atoms with Gasteiger partial charge in [-0.25, -0.2) is 9.97 Å². The van der Waals surface area contributed by atoms with Crippen LogP contribution in [0.5, 0.6) is 0 Å². The fraction of sp³-hybridized carbons (Fsp3) is 0.0732. The molecule has 0 unspecified atom stereocenters. The van der Waals surface area contributed by atoms with Crippen LogP contribution in [0.1, 0.15) is 25.0 Å². The second kappa shape index (κ2) is 9.23. The van der Waals surface area contributed by atoms with E-state index >= 15 is 0 Å². The minimum atomic E-state index is -0.156. The summed E-state index contributed by atoms with van der Waals surface area (Å²) in [4.78, 5) is 10.4. The van der Waals surface area contributed by atoms with Crippen molar-refractivity contribution >= 4 is 32.8 Å². The molecule has 9 rings (SSSR count). The van der Waals surface area contributed by atoms with E-state index in [0.29, 0.717) is 0 Å². The van der Waals surface area contributed by atoms with Crippen LogP contribution in [-0.2, 0) is 5.41 Å². The maximum Gasteiger partial charge on any atom is 0.160 e. The standard InChI is InChI=1S/C41H28N2O/c1-41(2)34-18-6-3-11-28(34)30-15-10-17-33(37(30)41)40-42-35-19-7-4-13-32(35)38(43-40)26-23-21-25(22-24-26)27-14-9-16-31-29-12-5-8-20-36(29)44-39(27)31/h3-24H,1-2H3. The number of para-hydroxylation sites is 3. The molecule has 0 bridgehead atoms. The fourth-order valence-corrected chi connectivity index (χ4v) is 7.23. The van der Waals surface area contributed by atoms with E-state index in [2.05, 4.69) is 135 Å². The first-order valence-electron chi connectivity index (χ1n) is 15.1. The minimum Gasteiger partial charge on any atom is -0.455 e. The summed E-state index contributed by atoms with van der Waals surface area (Å²) in [5.74, 6) is 0.757. The first-order valence-corrected chi connectivity index (χ1v) is 15.1. The number of aromatic nitrogens is 2. The van der Waals surface area contributed by atoms with Gasteiger partial charge in [-0.05, 0) is 39.9 Å². The zero-order valence-corrected chi connectivity index (χ0v) is 24.5. The molecule has 8 aromatic rings. The molecule has 208 valence electrons. The highest BCUT2D eigenvalue weighted by Gasteiger charge is 2.37. The summed E-state index contributed by atoms with van der Waals surface area (Å²) in [6.07, 6.45) is 0. The van der Waals surface area contributed by atoms with Crippen LogP contribution in [0.3, 0.4) is 0 Å². The van der Waals surface area contributed by atoms with E-state index in [-0.39, 0.29) is 5.41 Å². The normalized spacial score (nSPS) is 13.4. The van der Waals surface area contributed by atoms with E-state index in [1.54, 1.807) is 0 Å². The number of benzene rings is 6. The summed E-state index contributed by atoms with van der Waals surface area (Å²) < 4.78 is 6.33. The maximum absolute atomic E-state index is 6.33. The third-order valence-corrected chi connectivity index (χ3v) is 9.30. The number of hydrogen-bond donors (Lipinski definition) is 0. The zero-order chi connectivity index (χ0) is 29.4. The second-order valence-electron chi connectivity index (χ2n) is 12.2. The van der Waals surface area contributed by atoms with Gasteiger partial charge < -0.3 is 4.42 Å².